The Balaban J connectivity index is 1.81. The fourth-order valence-electron chi connectivity index (χ4n) is 5.75. The van der Waals surface area contributed by atoms with Crippen molar-refractivity contribution in [2.75, 3.05) is 14.1 Å². The Hall–Kier alpha value is -3.06. The topological polar surface area (TPSA) is 166 Å². The highest BCUT2D eigenvalue weighted by atomic mass is 19.3. The summed E-state index contributed by atoms with van der Waals surface area (Å²) in [6.07, 6.45) is -0.213. The number of phenols is 1. The van der Waals surface area contributed by atoms with E-state index in [1.807, 2.05) is 0 Å². The van der Waals surface area contributed by atoms with Gasteiger partial charge in [0, 0.05) is 24.5 Å². The minimum Gasteiger partial charge on any atom is -0.510 e. The van der Waals surface area contributed by atoms with E-state index in [-0.39, 0.29) is 47.6 Å². The number of aliphatic hydroxyl groups excluding tert-OH is 2. The van der Waals surface area contributed by atoms with Gasteiger partial charge < -0.3 is 26.2 Å². The number of hydrogen-bond donors (Lipinski definition) is 6. The van der Waals surface area contributed by atoms with Crippen molar-refractivity contribution in [3.05, 3.63) is 45.7 Å². The number of likely N-dealkylation sites (N-methyl/N-ethyl adjacent to an activating group) is 1. The van der Waals surface area contributed by atoms with E-state index in [0.29, 0.717) is 11.1 Å². The normalized spacial score (nSPS) is 28.3. The number of nitrogens with two attached hydrogens (primary N) is 1. The highest BCUT2D eigenvalue weighted by Gasteiger charge is 2.60. The number of nitrogens with zero attached hydrogens (tertiary/aromatic N) is 1. The molecule has 7 N–H and O–H groups in total. The van der Waals surface area contributed by atoms with Crippen molar-refractivity contribution < 1.29 is 43.6 Å². The largest absolute Gasteiger partial charge is 0.510 e. The van der Waals surface area contributed by atoms with Crippen molar-refractivity contribution in [1.29, 1.82) is 0 Å². The van der Waals surface area contributed by atoms with Crippen LogP contribution in [0.1, 0.15) is 29.5 Å². The smallest absolute Gasteiger partial charge is 0.360 e. The summed E-state index contributed by atoms with van der Waals surface area (Å²) in [4.78, 5) is 31.3. The molecule has 1 aromatic rings. The first-order valence-corrected chi connectivity index (χ1v) is 11.0. The third kappa shape index (κ3) is 3.96. The molecule has 0 bridgehead atoms. The van der Waals surface area contributed by atoms with Crippen LogP contribution in [0, 0.1) is 11.8 Å². The van der Waals surface area contributed by atoms with Gasteiger partial charge in [-0.2, -0.15) is 14.3 Å². The molecule has 1 fully saturated rings. The molecule has 190 valence electrons. The molecule has 0 unspecified atom stereocenters. The minimum atomic E-state index is -3.04. The van der Waals surface area contributed by atoms with E-state index in [2.05, 4.69) is 10.3 Å². The van der Waals surface area contributed by atoms with Gasteiger partial charge in [0.1, 0.15) is 22.9 Å². The number of ketones is 1. The summed E-state index contributed by atoms with van der Waals surface area (Å²) in [5.41, 5.74) is 5.93. The van der Waals surface area contributed by atoms with Crippen LogP contribution in [0.15, 0.2) is 29.0 Å². The summed E-state index contributed by atoms with van der Waals surface area (Å²) in [6, 6.07) is 1.86. The van der Waals surface area contributed by atoms with Crippen LogP contribution in [-0.2, 0) is 27.4 Å². The Morgan fingerprint density at radius 2 is 2.00 bits per heavy atom. The monoisotopic (exact) mass is 495 g/mol. The minimum absolute atomic E-state index is 0.0310. The van der Waals surface area contributed by atoms with Gasteiger partial charge >= 0.3 is 6.61 Å². The predicted octanol–water partition coefficient (Wildman–Crippen LogP) is 1.03. The maximum Gasteiger partial charge on any atom is 0.360 e. The summed E-state index contributed by atoms with van der Waals surface area (Å²) in [7, 11) is 3.25. The number of primary amides is 1. The van der Waals surface area contributed by atoms with Crippen molar-refractivity contribution in [1.82, 2.24) is 10.4 Å². The quantitative estimate of drug-likeness (QED) is 0.316. The van der Waals surface area contributed by atoms with Gasteiger partial charge in [-0.1, -0.05) is 6.07 Å². The van der Waals surface area contributed by atoms with Crippen LogP contribution in [0.25, 0.3) is 5.76 Å². The van der Waals surface area contributed by atoms with Crippen molar-refractivity contribution in [3.63, 3.8) is 0 Å². The first-order valence-electron chi connectivity index (χ1n) is 11.0. The number of fused-ring (bicyclic) bond motifs is 3. The first-order chi connectivity index (χ1) is 16.4. The van der Waals surface area contributed by atoms with Gasteiger partial charge in [-0.15, -0.1) is 0 Å². The number of aromatic hydroxyl groups is 1. The van der Waals surface area contributed by atoms with Crippen molar-refractivity contribution in [2.24, 2.45) is 17.6 Å². The van der Waals surface area contributed by atoms with E-state index in [1.54, 1.807) is 19.0 Å². The highest BCUT2D eigenvalue weighted by Crippen LogP contribution is 2.53. The van der Waals surface area contributed by atoms with Gasteiger partial charge in [0.2, 0.25) is 5.91 Å². The molecule has 0 aliphatic heterocycles. The Labute approximate surface area is 199 Å². The number of Topliss-reactive ketones (excluding diaryl/α,β-unsaturated/α-hetero) is 1. The van der Waals surface area contributed by atoms with E-state index in [0.717, 1.165) is 0 Å². The highest BCUT2D eigenvalue weighted by molar-refractivity contribution is 6.10. The molecule has 0 radical (unpaired) electrons. The Morgan fingerprint density at radius 3 is 2.60 bits per heavy atom. The lowest BCUT2D eigenvalue weighted by Gasteiger charge is -2.51. The number of benzene rings is 1. The Morgan fingerprint density at radius 1 is 1.31 bits per heavy atom. The summed E-state index contributed by atoms with van der Waals surface area (Å²) in [5, 5.41) is 43.9. The van der Waals surface area contributed by atoms with E-state index < -0.39 is 54.0 Å². The van der Waals surface area contributed by atoms with E-state index >= 15 is 0 Å². The average molecular weight is 495 g/mol. The summed E-state index contributed by atoms with van der Waals surface area (Å²) < 4.78 is 24.8. The number of hydroxylamine groups is 1. The molecule has 12 heteroatoms. The molecule has 3 aliphatic rings. The van der Waals surface area contributed by atoms with E-state index in [1.165, 1.54) is 12.1 Å². The van der Waals surface area contributed by atoms with E-state index in [9.17, 15) is 38.8 Å². The third-order valence-corrected chi connectivity index (χ3v) is 7.23. The molecular formula is C23H27F2N3O7. The molecule has 0 aromatic heterocycles. The molecule has 4 atom stereocenters. The molecule has 1 aromatic carbocycles. The first kappa shape index (κ1) is 25.0. The summed E-state index contributed by atoms with van der Waals surface area (Å²) in [6.45, 7) is -3.20. The van der Waals surface area contributed by atoms with Gasteiger partial charge in [0.05, 0.1) is 17.2 Å². The summed E-state index contributed by atoms with van der Waals surface area (Å²) >= 11 is 0. The zero-order chi connectivity index (χ0) is 25.8. The van der Waals surface area contributed by atoms with Gasteiger partial charge in [-0.25, -0.2) is 4.84 Å². The number of hydrogen-bond acceptors (Lipinski definition) is 9. The number of aliphatic hydroxyl groups is 3. The Kier molecular flexibility index (Phi) is 6.34. The molecule has 1 amide bonds. The van der Waals surface area contributed by atoms with Crippen LogP contribution in [0.2, 0.25) is 0 Å². The van der Waals surface area contributed by atoms with Gasteiger partial charge in [0.25, 0.3) is 0 Å². The number of rotatable bonds is 6. The Bertz CT molecular complexity index is 1150. The number of carbonyl (C=O) groups excluding carboxylic acids is 2. The number of nitrogens with one attached hydrogen (secondary N) is 1. The average Bonchev–Trinajstić information content (AvgIpc) is 2.76. The molecule has 0 saturated heterocycles. The molecular weight excluding hydrogens is 468 g/mol. The molecule has 0 spiro atoms. The van der Waals surface area contributed by atoms with Gasteiger partial charge in [-0.05, 0) is 50.0 Å². The molecule has 0 heterocycles. The molecule has 35 heavy (non-hydrogen) atoms. The number of amides is 1. The van der Waals surface area contributed by atoms with Crippen LogP contribution in [-0.4, -0.2) is 69.4 Å². The molecule has 10 nitrogen and oxygen atoms in total. The number of alkyl halides is 2. The predicted molar refractivity (Wildman–Crippen MR) is 118 cm³/mol. The second-order valence-corrected chi connectivity index (χ2v) is 9.37. The fourth-order valence-corrected chi connectivity index (χ4v) is 5.75. The lowest BCUT2D eigenvalue weighted by atomic mass is 9.57. The van der Waals surface area contributed by atoms with Crippen LogP contribution < -0.4 is 11.2 Å². The SMILES string of the molecule is CN(C)[C@@H]1C(O)=C(C(N)=O)C[C@@]2(O)C(=O)C3=C(O)c4c(O)ccc(CNOC(F)F)c4C[C@H]3C[C@@H]12. The number of carbonyl (C=O) groups is 2. The molecule has 1 saturated carbocycles. The van der Waals surface area contributed by atoms with Crippen LogP contribution in [0.5, 0.6) is 5.75 Å². The maximum atomic E-state index is 13.7. The lowest BCUT2D eigenvalue weighted by molar-refractivity contribution is -0.175. The van der Waals surface area contributed by atoms with Crippen molar-refractivity contribution in [2.45, 2.75) is 44.1 Å². The zero-order valence-electron chi connectivity index (χ0n) is 19.1. The molecule has 3 aliphatic carbocycles. The van der Waals surface area contributed by atoms with Crippen molar-refractivity contribution in [3.8, 4) is 5.75 Å². The fraction of sp³-hybridized carbons (Fsp3) is 0.478. The van der Waals surface area contributed by atoms with Gasteiger partial charge in [-0.3, -0.25) is 14.5 Å². The standard InChI is InChI=1S/C23H27F2N3O7/c1-28(2)17-13-6-10-5-11-9(8-27-35-22(24)25)3-4-14(29)16(11)19(31)15(10)20(32)23(13,34)7-12(18(17)30)21(26)33/h3-4,10,13,17,22,27,29-31,34H,5-8H2,1-2H3,(H2,26,33)/t10-,13-,17-,23-/m0/s1. The zero-order valence-corrected chi connectivity index (χ0v) is 19.1. The third-order valence-electron chi connectivity index (χ3n) is 7.23. The van der Waals surface area contributed by atoms with Crippen LogP contribution >= 0.6 is 0 Å². The number of phenolic OH excluding ortho intramolecular Hbond substituents is 1. The second-order valence-electron chi connectivity index (χ2n) is 9.37. The van der Waals surface area contributed by atoms with E-state index in [4.69, 9.17) is 5.73 Å². The van der Waals surface area contributed by atoms with Crippen molar-refractivity contribution >= 4 is 17.4 Å². The van der Waals surface area contributed by atoms with Gasteiger partial charge in [0.15, 0.2) is 5.78 Å². The maximum absolute atomic E-state index is 13.7. The van der Waals surface area contributed by atoms with Crippen LogP contribution in [0.4, 0.5) is 8.78 Å². The lowest BCUT2D eigenvalue weighted by Crippen LogP contribution is -2.62. The number of halogens is 2. The van der Waals surface area contributed by atoms with Crippen LogP contribution in [0.3, 0.4) is 0 Å². The second kappa shape index (κ2) is 8.86. The molecule has 4 rings (SSSR count). The summed E-state index contributed by atoms with van der Waals surface area (Å²) in [5.74, 6) is -4.39.